The summed E-state index contributed by atoms with van der Waals surface area (Å²) in [5.74, 6) is 0. The fraction of sp³-hybridized carbons (Fsp3) is 0. The molecule has 0 nitrogen and oxygen atoms in total. The SMILES string of the molecule is [AlH3].[Au].[Cu].[PbH2].[SnH2]. The van der Waals surface area contributed by atoms with E-state index in [-0.39, 0.29) is 108 Å². The first-order valence-electron chi connectivity index (χ1n) is 0. The predicted molar refractivity (Wildman–Crippen MR) is 27.0 cm³/mol. The molecule has 0 atom stereocenters. The van der Waals surface area contributed by atoms with Crippen LogP contribution in [0, 0.1) is 0 Å². The average Bonchev–Trinajstić information content (AvgIpc) is 0. The summed E-state index contributed by atoms with van der Waals surface area (Å²) < 4.78 is 0. The van der Waals surface area contributed by atoms with E-state index in [1.165, 1.54) is 0 Å². The van der Waals surface area contributed by atoms with Crippen LogP contribution in [-0.2, 0) is 39.4 Å². The maximum absolute atomic E-state index is 0. The topological polar surface area (TPSA) is 0 Å². The molecule has 0 bridgehead atoms. The van der Waals surface area contributed by atoms with Crippen LogP contribution >= 0.6 is 0 Å². The molecule has 5 heteroatoms. The van der Waals surface area contributed by atoms with Crippen molar-refractivity contribution in [3.8, 4) is 0 Å². The normalized spacial score (nSPS) is 0. The molecule has 0 spiro atoms. The third-order valence-electron chi connectivity index (χ3n) is 0. The Labute approximate surface area is 106 Å². The van der Waals surface area contributed by atoms with Crippen LogP contribution in [0.5, 0.6) is 0 Å². The number of rotatable bonds is 0. The molecule has 0 heterocycles. The van der Waals surface area contributed by atoms with Crippen LogP contribution in [0.4, 0.5) is 0 Å². The van der Waals surface area contributed by atoms with E-state index in [4.69, 9.17) is 0 Å². The molecule has 6 radical (unpaired) electrons. The molecule has 5 heavy (non-hydrogen) atoms. The molecule has 0 aliphatic rings. The molecule has 0 aromatic heterocycles. The molecule has 0 saturated heterocycles. The van der Waals surface area contributed by atoms with Gasteiger partial charge in [-0.15, -0.1) is 0 Å². The summed E-state index contributed by atoms with van der Waals surface area (Å²) in [6, 6.07) is 0. The van der Waals surface area contributed by atoms with Crippen molar-refractivity contribution in [2.45, 2.75) is 0 Å². The van der Waals surface area contributed by atoms with Crippen LogP contribution < -0.4 is 0 Å². The Morgan fingerprint density at radius 3 is 1.00 bits per heavy atom. The Morgan fingerprint density at radius 2 is 1.00 bits per heavy atom. The third kappa shape index (κ3) is 18.5. The molecule has 0 fully saturated rings. The van der Waals surface area contributed by atoms with Gasteiger partial charge in [0.25, 0.3) is 0 Å². The van der Waals surface area contributed by atoms with Crippen molar-refractivity contribution in [2.75, 3.05) is 0 Å². The zero-order valence-electron chi connectivity index (χ0n) is 2.02. The summed E-state index contributed by atoms with van der Waals surface area (Å²) >= 11 is 0. The fourth-order valence-electron chi connectivity index (χ4n) is 0. The van der Waals surface area contributed by atoms with Crippen molar-refractivity contribution in [3.05, 3.63) is 0 Å². The Hall–Kier alpha value is 3.51. The number of hydrogen-bond donors (Lipinski definition) is 0. The van der Waals surface area contributed by atoms with E-state index in [0.29, 0.717) is 0 Å². The van der Waals surface area contributed by atoms with Gasteiger partial charge in [0, 0.05) is 39.4 Å². The molecular formula is H7AlAuCuPbSn. The summed E-state index contributed by atoms with van der Waals surface area (Å²) in [5.41, 5.74) is 0. The molecule has 0 aliphatic heterocycles. The third-order valence-corrected chi connectivity index (χ3v) is 0. The maximum atomic E-state index is 0. The van der Waals surface area contributed by atoms with Gasteiger partial charge in [-0.3, -0.25) is 0 Å². The van der Waals surface area contributed by atoms with E-state index in [1.54, 1.807) is 0 Å². The summed E-state index contributed by atoms with van der Waals surface area (Å²) in [7, 11) is 0. The summed E-state index contributed by atoms with van der Waals surface area (Å²) in [4.78, 5) is 0. The molecule has 0 aromatic rings. The first-order valence-corrected chi connectivity index (χ1v) is 0. The molecule has 0 unspecified atom stereocenters. The monoisotopic (exact) mass is 622 g/mol. The fourth-order valence-corrected chi connectivity index (χ4v) is 0. The Bertz CT molecular complexity index is 11.6. The molecule has 0 N–H and O–H groups in total. The van der Waals surface area contributed by atoms with E-state index >= 15 is 0 Å². The van der Waals surface area contributed by atoms with Gasteiger partial charge >= 0.3 is 51.2 Å². The van der Waals surface area contributed by atoms with Gasteiger partial charge in [-0.05, 0) is 0 Å². The van der Waals surface area contributed by atoms with Crippen molar-refractivity contribution in [1.82, 2.24) is 0 Å². The van der Waals surface area contributed by atoms with Crippen molar-refractivity contribution < 1.29 is 39.4 Å². The van der Waals surface area contributed by atoms with Gasteiger partial charge in [0.1, 0.15) is 0 Å². The van der Waals surface area contributed by atoms with E-state index in [0.717, 1.165) is 0 Å². The van der Waals surface area contributed by atoms with Gasteiger partial charge in [0.15, 0.2) is 17.4 Å². The first-order chi connectivity index (χ1) is 0. The van der Waals surface area contributed by atoms with E-state index < -0.39 is 0 Å². The minimum atomic E-state index is 0. The molecule has 40 valence electrons. The second-order valence-corrected chi connectivity index (χ2v) is 0. The van der Waals surface area contributed by atoms with E-state index in [2.05, 4.69) is 0 Å². The van der Waals surface area contributed by atoms with Gasteiger partial charge < -0.3 is 0 Å². The van der Waals surface area contributed by atoms with Gasteiger partial charge in [0.2, 0.25) is 0 Å². The second-order valence-electron chi connectivity index (χ2n) is 0. The van der Waals surface area contributed by atoms with Crippen LogP contribution in [0.1, 0.15) is 0 Å². The van der Waals surface area contributed by atoms with Crippen LogP contribution in [-0.4, -0.2) is 68.6 Å². The van der Waals surface area contributed by atoms with Crippen molar-refractivity contribution in [3.63, 3.8) is 0 Å². The number of hydrogen-bond acceptors (Lipinski definition) is 0. The predicted octanol–water partition coefficient (Wildman–Crippen LogP) is -3.02. The van der Waals surface area contributed by atoms with E-state index in [1.807, 2.05) is 0 Å². The molecular weight excluding hydrogens is 613 g/mol. The molecule has 0 aliphatic carbocycles. The van der Waals surface area contributed by atoms with Gasteiger partial charge in [-0.1, -0.05) is 0 Å². The average molecular weight is 620 g/mol. The summed E-state index contributed by atoms with van der Waals surface area (Å²) in [6.07, 6.45) is 0. The Morgan fingerprint density at radius 1 is 1.00 bits per heavy atom. The zero-order valence-corrected chi connectivity index (χ0v) is 14.7. The quantitative estimate of drug-likeness (QED) is 0.254. The Kier molecular flexibility index (Phi) is 201. The zero-order chi connectivity index (χ0) is 0. The van der Waals surface area contributed by atoms with E-state index in [9.17, 15) is 0 Å². The van der Waals surface area contributed by atoms with Gasteiger partial charge in [0.05, 0.1) is 0 Å². The van der Waals surface area contributed by atoms with Gasteiger partial charge in [-0.25, -0.2) is 0 Å². The van der Waals surface area contributed by atoms with Crippen molar-refractivity contribution in [1.29, 1.82) is 0 Å². The first kappa shape index (κ1) is 38.9. The van der Waals surface area contributed by atoms with Crippen molar-refractivity contribution >= 4 is 68.6 Å². The second kappa shape index (κ2) is 25.8. The molecule has 0 amide bonds. The standard InChI is InChI=1S/Al.Au.Cu.Pb.Sn.7H. The van der Waals surface area contributed by atoms with Crippen molar-refractivity contribution in [2.24, 2.45) is 0 Å². The summed E-state index contributed by atoms with van der Waals surface area (Å²) in [6.45, 7) is 0. The van der Waals surface area contributed by atoms with Crippen LogP contribution in [0.3, 0.4) is 0 Å². The van der Waals surface area contributed by atoms with Gasteiger partial charge in [-0.2, -0.15) is 0 Å². The molecule has 0 saturated carbocycles. The van der Waals surface area contributed by atoms with Crippen LogP contribution in [0.2, 0.25) is 0 Å². The Balaban J connectivity index is 0. The molecule has 0 rings (SSSR count). The molecule has 0 aromatic carbocycles. The summed E-state index contributed by atoms with van der Waals surface area (Å²) in [5, 5.41) is 0. The minimum absolute atomic E-state index is 0. The van der Waals surface area contributed by atoms with Crippen LogP contribution in [0.15, 0.2) is 0 Å². The van der Waals surface area contributed by atoms with Crippen LogP contribution in [0.25, 0.3) is 0 Å².